The Kier molecular flexibility index (Phi) is 9.72. The lowest BCUT2D eigenvalue weighted by Gasteiger charge is -2.09. The van der Waals surface area contributed by atoms with Gasteiger partial charge in [-0.3, -0.25) is 0 Å². The maximum absolute atomic E-state index is 13.1. The molecule has 0 radical (unpaired) electrons. The van der Waals surface area contributed by atoms with Crippen LogP contribution >= 0.6 is 11.6 Å². The summed E-state index contributed by atoms with van der Waals surface area (Å²) in [4.78, 5) is 2.11. The molecule has 2 rings (SSSR count). The zero-order valence-electron chi connectivity index (χ0n) is 12.4. The Labute approximate surface area is 147 Å². The van der Waals surface area contributed by atoms with Gasteiger partial charge in [0.25, 0.3) is 0 Å². The molecule has 7 heteroatoms. The number of hydrogen-bond acceptors (Lipinski definition) is 3. The van der Waals surface area contributed by atoms with Gasteiger partial charge in [0.15, 0.2) is 0 Å². The zero-order chi connectivity index (χ0) is 14.5. The Morgan fingerprint density at radius 2 is 1.91 bits per heavy atom. The number of benzene rings is 1. The molecule has 0 saturated heterocycles. The number of nitrogens with one attached hydrogen (secondary N) is 1. The summed E-state index contributed by atoms with van der Waals surface area (Å²) in [6, 6.07) is 8.35. The van der Waals surface area contributed by atoms with Crippen LogP contribution in [0.5, 0.6) is 0 Å². The van der Waals surface area contributed by atoms with Gasteiger partial charge in [-0.05, 0) is 44.4 Å². The molecule has 0 amide bonds. The SMILES string of the molecule is CN(C)CCNCc1ccc(-c2ccc(F)c(Cl)c2)o1.[Cl-].[Cl-]. The van der Waals surface area contributed by atoms with Crippen molar-refractivity contribution in [1.29, 1.82) is 0 Å². The first-order chi connectivity index (χ1) is 9.56. The van der Waals surface area contributed by atoms with Gasteiger partial charge in [-0.2, -0.15) is 0 Å². The average Bonchev–Trinajstić information content (AvgIpc) is 2.86. The van der Waals surface area contributed by atoms with E-state index in [0.717, 1.165) is 24.4 Å². The summed E-state index contributed by atoms with van der Waals surface area (Å²) in [5, 5.41) is 3.40. The Hall–Kier alpha value is -0.780. The third kappa shape index (κ3) is 6.15. The Balaban J connectivity index is 0.00000220. The highest BCUT2D eigenvalue weighted by Gasteiger charge is 2.07. The normalized spacial score (nSPS) is 10.2. The lowest BCUT2D eigenvalue weighted by Crippen LogP contribution is -3.00. The molecule has 0 bridgehead atoms. The summed E-state index contributed by atoms with van der Waals surface area (Å²) >= 11 is 5.77. The number of rotatable bonds is 6. The molecule has 1 N–H and O–H groups in total. The highest BCUT2D eigenvalue weighted by molar-refractivity contribution is 6.31. The van der Waals surface area contributed by atoms with Crippen LogP contribution in [0.25, 0.3) is 11.3 Å². The van der Waals surface area contributed by atoms with Gasteiger partial charge in [-0.1, -0.05) is 11.6 Å². The van der Waals surface area contributed by atoms with E-state index in [2.05, 4.69) is 10.2 Å². The maximum atomic E-state index is 13.1. The van der Waals surface area contributed by atoms with Crippen LogP contribution in [-0.2, 0) is 6.54 Å². The molecule has 0 fully saturated rings. The van der Waals surface area contributed by atoms with Gasteiger partial charge in [0.05, 0.1) is 11.6 Å². The minimum Gasteiger partial charge on any atom is -1.00 e. The minimum absolute atomic E-state index is 0. The Morgan fingerprint density at radius 3 is 2.55 bits per heavy atom. The fraction of sp³-hybridized carbons (Fsp3) is 0.333. The van der Waals surface area contributed by atoms with Gasteiger partial charge >= 0.3 is 0 Å². The van der Waals surface area contributed by atoms with Gasteiger partial charge in [-0.15, -0.1) is 0 Å². The lowest BCUT2D eigenvalue weighted by molar-refractivity contribution is -0.001000. The third-order valence-electron chi connectivity index (χ3n) is 2.90. The van der Waals surface area contributed by atoms with Crippen molar-refractivity contribution in [1.82, 2.24) is 10.2 Å². The van der Waals surface area contributed by atoms with Crippen LogP contribution in [-0.4, -0.2) is 32.1 Å². The molecule has 0 unspecified atom stereocenters. The zero-order valence-corrected chi connectivity index (χ0v) is 14.6. The smallest absolute Gasteiger partial charge is 0.141 e. The second-order valence-corrected chi connectivity index (χ2v) is 5.28. The number of nitrogens with zero attached hydrogens (tertiary/aromatic N) is 1. The van der Waals surface area contributed by atoms with E-state index in [-0.39, 0.29) is 29.8 Å². The van der Waals surface area contributed by atoms with Gasteiger partial charge in [0.2, 0.25) is 0 Å². The first kappa shape index (κ1) is 21.2. The highest BCUT2D eigenvalue weighted by Crippen LogP contribution is 2.26. The van der Waals surface area contributed by atoms with Gasteiger partial charge < -0.3 is 39.4 Å². The third-order valence-corrected chi connectivity index (χ3v) is 3.19. The number of hydrogen-bond donors (Lipinski definition) is 1. The van der Waals surface area contributed by atoms with Crippen molar-refractivity contribution < 1.29 is 33.6 Å². The lowest BCUT2D eigenvalue weighted by atomic mass is 10.2. The number of halogens is 4. The molecule has 0 saturated carbocycles. The summed E-state index contributed by atoms with van der Waals surface area (Å²) in [5.74, 6) is 1.11. The van der Waals surface area contributed by atoms with Crippen LogP contribution in [0.3, 0.4) is 0 Å². The van der Waals surface area contributed by atoms with Crippen molar-refractivity contribution in [2.75, 3.05) is 27.2 Å². The van der Waals surface area contributed by atoms with Gasteiger partial charge in [0.1, 0.15) is 17.3 Å². The molecule has 0 aliphatic carbocycles. The van der Waals surface area contributed by atoms with Crippen molar-refractivity contribution in [2.45, 2.75) is 6.54 Å². The quantitative estimate of drug-likeness (QED) is 0.568. The van der Waals surface area contributed by atoms with E-state index < -0.39 is 5.82 Å². The van der Waals surface area contributed by atoms with E-state index in [0.29, 0.717) is 12.3 Å². The van der Waals surface area contributed by atoms with E-state index in [1.54, 1.807) is 12.1 Å². The van der Waals surface area contributed by atoms with Crippen molar-refractivity contribution in [3.8, 4) is 11.3 Å². The number of likely N-dealkylation sites (N-methyl/N-ethyl adjacent to an activating group) is 1. The molecule has 1 heterocycles. The molecule has 1 aromatic carbocycles. The Morgan fingerprint density at radius 1 is 1.18 bits per heavy atom. The summed E-state index contributed by atoms with van der Waals surface area (Å²) in [5.41, 5.74) is 0.774. The first-order valence-corrected chi connectivity index (χ1v) is 6.83. The average molecular weight is 368 g/mol. The highest BCUT2D eigenvalue weighted by atomic mass is 35.5. The van der Waals surface area contributed by atoms with E-state index in [4.69, 9.17) is 16.0 Å². The van der Waals surface area contributed by atoms with Crippen LogP contribution in [0.2, 0.25) is 5.02 Å². The number of furan rings is 1. The molecular formula is C15H18Cl3FN2O-2. The monoisotopic (exact) mass is 366 g/mol. The van der Waals surface area contributed by atoms with E-state index in [1.807, 2.05) is 26.2 Å². The van der Waals surface area contributed by atoms with E-state index >= 15 is 0 Å². The molecule has 0 aliphatic heterocycles. The molecule has 3 nitrogen and oxygen atoms in total. The summed E-state index contributed by atoms with van der Waals surface area (Å²) in [7, 11) is 4.07. The van der Waals surface area contributed by atoms with Crippen LogP contribution in [0.15, 0.2) is 34.7 Å². The molecule has 0 spiro atoms. The summed E-state index contributed by atoms with van der Waals surface area (Å²) < 4.78 is 18.8. The van der Waals surface area contributed by atoms with Crippen molar-refractivity contribution in [3.63, 3.8) is 0 Å². The molecule has 2 aromatic rings. The molecule has 124 valence electrons. The van der Waals surface area contributed by atoms with Crippen molar-refractivity contribution in [3.05, 3.63) is 46.9 Å². The predicted octanol–water partition coefficient (Wildman–Crippen LogP) is -2.60. The van der Waals surface area contributed by atoms with Crippen LogP contribution < -0.4 is 30.1 Å². The van der Waals surface area contributed by atoms with Crippen LogP contribution in [0, 0.1) is 5.82 Å². The summed E-state index contributed by atoms with van der Waals surface area (Å²) in [6.07, 6.45) is 0. The van der Waals surface area contributed by atoms with Gasteiger partial charge in [-0.25, -0.2) is 4.39 Å². The fourth-order valence-electron chi connectivity index (χ4n) is 1.79. The van der Waals surface area contributed by atoms with Crippen molar-refractivity contribution in [2.24, 2.45) is 0 Å². The summed E-state index contributed by atoms with van der Waals surface area (Å²) in [6.45, 7) is 2.54. The van der Waals surface area contributed by atoms with E-state index in [1.165, 1.54) is 6.07 Å². The fourth-order valence-corrected chi connectivity index (χ4v) is 1.97. The minimum atomic E-state index is -0.424. The molecule has 0 atom stereocenters. The first-order valence-electron chi connectivity index (χ1n) is 6.46. The molecule has 22 heavy (non-hydrogen) atoms. The maximum Gasteiger partial charge on any atom is 0.141 e. The molecule has 1 aromatic heterocycles. The second kappa shape index (κ2) is 10.1. The second-order valence-electron chi connectivity index (χ2n) is 4.87. The molecular weight excluding hydrogens is 350 g/mol. The van der Waals surface area contributed by atoms with Gasteiger partial charge in [0, 0.05) is 18.7 Å². The molecule has 0 aliphatic rings. The Bertz CT molecular complexity index is 576. The standard InChI is InChI=1S/C15H18ClFN2O.2ClH/c1-19(2)8-7-18-10-12-4-6-15(20-12)11-3-5-14(17)13(16)9-11;;/h3-6,9,18H,7-8,10H2,1-2H3;2*1H/p-2. The largest absolute Gasteiger partial charge is 1.00 e. The van der Waals surface area contributed by atoms with E-state index in [9.17, 15) is 4.39 Å². The topological polar surface area (TPSA) is 28.4 Å². The van der Waals surface area contributed by atoms with Crippen LogP contribution in [0.4, 0.5) is 4.39 Å². The predicted molar refractivity (Wildman–Crippen MR) is 79.4 cm³/mol. The van der Waals surface area contributed by atoms with Crippen molar-refractivity contribution >= 4 is 11.6 Å². The van der Waals surface area contributed by atoms with Crippen LogP contribution in [0.1, 0.15) is 5.76 Å².